The summed E-state index contributed by atoms with van der Waals surface area (Å²) in [6, 6.07) is 7.35. The molecule has 0 unspecified atom stereocenters. The molecule has 2 rings (SSSR count). The predicted octanol–water partition coefficient (Wildman–Crippen LogP) is 3.45. The molecule has 1 heterocycles. The summed E-state index contributed by atoms with van der Waals surface area (Å²) in [6.07, 6.45) is 0.378. The third-order valence-corrected chi connectivity index (χ3v) is 4.02. The van der Waals surface area contributed by atoms with Crippen molar-refractivity contribution in [2.75, 3.05) is 16.8 Å². The van der Waals surface area contributed by atoms with Crippen LogP contribution in [-0.2, 0) is 4.79 Å². The molecule has 0 aliphatic heterocycles. The number of nitrogens with zero attached hydrogens (tertiary/aromatic N) is 1. The highest BCUT2D eigenvalue weighted by molar-refractivity contribution is 9.10. The molecular weight excluding hydrogens is 342 g/mol. The van der Waals surface area contributed by atoms with Crippen LogP contribution in [0.15, 0.2) is 38.2 Å². The van der Waals surface area contributed by atoms with Gasteiger partial charge in [-0.3, -0.25) is 4.79 Å². The number of anilines is 2. The second-order valence-corrected chi connectivity index (χ2v) is 6.20. The number of hydrogen-bond donors (Lipinski definition) is 2. The summed E-state index contributed by atoms with van der Waals surface area (Å²) in [4.78, 5) is 12.7. The molecule has 1 aromatic carbocycles. The Bertz CT molecular complexity index is 615. The summed E-state index contributed by atoms with van der Waals surface area (Å²) in [5.41, 5.74) is 6.58. The normalized spacial score (nSPS) is 10.5. The first-order valence-electron chi connectivity index (χ1n) is 5.95. The number of rotatable bonds is 5. The molecule has 1 aromatic heterocycles. The number of carbonyl (C=O) groups is 1. The molecule has 0 aliphatic rings. The largest absolute Gasteiger partial charge is 0.398 e. The van der Waals surface area contributed by atoms with Gasteiger partial charge in [-0.05, 0) is 25.1 Å². The third kappa shape index (κ3) is 4.28. The first-order chi connectivity index (χ1) is 9.54. The van der Waals surface area contributed by atoms with Gasteiger partial charge >= 0.3 is 0 Å². The number of aromatic nitrogens is 1. The lowest BCUT2D eigenvalue weighted by Crippen LogP contribution is -2.12. The number of nitrogens with two attached hydrogens (primary N) is 1. The minimum Gasteiger partial charge on any atom is -0.398 e. The van der Waals surface area contributed by atoms with Crippen molar-refractivity contribution in [1.82, 2.24) is 5.16 Å². The lowest BCUT2D eigenvalue weighted by Gasteiger charge is -2.05. The second-order valence-electron chi connectivity index (χ2n) is 4.15. The number of thioether (sulfide) groups is 1. The summed E-state index contributed by atoms with van der Waals surface area (Å²) in [5, 5.41) is 6.39. The minimum absolute atomic E-state index is 0.0978. The van der Waals surface area contributed by atoms with Gasteiger partial charge < -0.3 is 15.6 Å². The van der Waals surface area contributed by atoms with Gasteiger partial charge in [0.15, 0.2) is 5.82 Å². The van der Waals surface area contributed by atoms with Crippen molar-refractivity contribution in [2.45, 2.75) is 18.2 Å². The fraction of sp³-hybridized carbons (Fsp3) is 0.231. The van der Waals surface area contributed by atoms with Gasteiger partial charge in [0.1, 0.15) is 5.76 Å². The Morgan fingerprint density at radius 3 is 3.00 bits per heavy atom. The Morgan fingerprint density at radius 1 is 1.50 bits per heavy atom. The van der Waals surface area contributed by atoms with Crippen molar-refractivity contribution in [1.29, 1.82) is 0 Å². The number of nitrogen functional groups attached to an aromatic ring is 1. The summed E-state index contributed by atoms with van der Waals surface area (Å²) in [6.45, 7) is 1.77. The summed E-state index contributed by atoms with van der Waals surface area (Å²) in [7, 11) is 0. The number of benzene rings is 1. The van der Waals surface area contributed by atoms with E-state index in [1.54, 1.807) is 24.8 Å². The Balaban J connectivity index is 1.80. The molecule has 106 valence electrons. The van der Waals surface area contributed by atoms with Crippen molar-refractivity contribution >= 4 is 45.1 Å². The quantitative estimate of drug-likeness (QED) is 0.634. The van der Waals surface area contributed by atoms with Crippen molar-refractivity contribution in [3.63, 3.8) is 0 Å². The number of hydrogen-bond acceptors (Lipinski definition) is 5. The third-order valence-electron chi connectivity index (χ3n) is 2.46. The maximum absolute atomic E-state index is 11.7. The lowest BCUT2D eigenvalue weighted by molar-refractivity contribution is -0.115. The van der Waals surface area contributed by atoms with E-state index < -0.39 is 0 Å². The zero-order chi connectivity index (χ0) is 14.5. The molecule has 0 saturated heterocycles. The Hall–Kier alpha value is -1.47. The van der Waals surface area contributed by atoms with Gasteiger partial charge in [-0.2, -0.15) is 0 Å². The van der Waals surface area contributed by atoms with Gasteiger partial charge in [0, 0.05) is 33.3 Å². The molecule has 0 radical (unpaired) electrons. The van der Waals surface area contributed by atoms with Crippen molar-refractivity contribution in [3.05, 3.63) is 34.5 Å². The van der Waals surface area contributed by atoms with E-state index in [4.69, 9.17) is 10.3 Å². The molecule has 3 N–H and O–H groups in total. The average molecular weight is 356 g/mol. The minimum atomic E-state index is -0.0978. The van der Waals surface area contributed by atoms with Crippen LogP contribution in [0.1, 0.15) is 12.2 Å². The van der Waals surface area contributed by atoms with Crippen LogP contribution in [0.25, 0.3) is 0 Å². The van der Waals surface area contributed by atoms with Gasteiger partial charge in [0.05, 0.1) is 0 Å². The van der Waals surface area contributed by atoms with Crippen LogP contribution in [0, 0.1) is 6.92 Å². The second kappa shape index (κ2) is 6.81. The van der Waals surface area contributed by atoms with E-state index in [0.717, 1.165) is 9.37 Å². The fourth-order valence-corrected chi connectivity index (χ4v) is 2.98. The zero-order valence-corrected chi connectivity index (χ0v) is 13.3. The smallest absolute Gasteiger partial charge is 0.226 e. The van der Waals surface area contributed by atoms with Crippen molar-refractivity contribution in [3.8, 4) is 0 Å². The van der Waals surface area contributed by atoms with E-state index in [2.05, 4.69) is 26.4 Å². The number of nitrogens with one attached hydrogen (secondary N) is 1. The number of aryl methyl sites for hydroxylation is 1. The van der Waals surface area contributed by atoms with Gasteiger partial charge in [-0.1, -0.05) is 21.1 Å². The maximum atomic E-state index is 11.7. The maximum Gasteiger partial charge on any atom is 0.226 e. The number of carbonyl (C=O) groups excluding carboxylic acids is 1. The van der Waals surface area contributed by atoms with E-state index in [1.165, 1.54) is 0 Å². The highest BCUT2D eigenvalue weighted by atomic mass is 79.9. The van der Waals surface area contributed by atoms with Gasteiger partial charge in [0.25, 0.3) is 0 Å². The van der Waals surface area contributed by atoms with E-state index in [1.807, 2.05) is 18.2 Å². The molecule has 5 nitrogen and oxygen atoms in total. The van der Waals surface area contributed by atoms with Crippen LogP contribution in [-0.4, -0.2) is 16.8 Å². The van der Waals surface area contributed by atoms with Crippen LogP contribution in [0.3, 0.4) is 0 Å². The molecule has 0 saturated carbocycles. The van der Waals surface area contributed by atoms with E-state index in [0.29, 0.717) is 29.4 Å². The van der Waals surface area contributed by atoms with E-state index >= 15 is 0 Å². The molecule has 20 heavy (non-hydrogen) atoms. The summed E-state index contributed by atoms with van der Waals surface area (Å²) >= 11 is 4.94. The van der Waals surface area contributed by atoms with Crippen LogP contribution < -0.4 is 11.1 Å². The lowest BCUT2D eigenvalue weighted by atomic mass is 10.3. The predicted molar refractivity (Wildman–Crippen MR) is 83.8 cm³/mol. The summed E-state index contributed by atoms with van der Waals surface area (Å²) in [5.74, 6) is 1.65. The SMILES string of the molecule is Cc1cc(NC(=O)CCSc2cc(Br)ccc2N)no1. The topological polar surface area (TPSA) is 81.2 Å². The zero-order valence-electron chi connectivity index (χ0n) is 10.9. The van der Waals surface area contributed by atoms with E-state index in [-0.39, 0.29) is 5.91 Å². The van der Waals surface area contributed by atoms with Gasteiger partial charge in [-0.25, -0.2) is 0 Å². The molecule has 7 heteroatoms. The van der Waals surface area contributed by atoms with Crippen LogP contribution in [0.4, 0.5) is 11.5 Å². The van der Waals surface area contributed by atoms with Crippen LogP contribution >= 0.6 is 27.7 Å². The average Bonchev–Trinajstić information content (AvgIpc) is 2.79. The molecule has 0 aliphatic carbocycles. The standard InChI is InChI=1S/C13H14BrN3O2S/c1-8-6-12(17-19-8)16-13(18)4-5-20-11-7-9(14)2-3-10(11)15/h2-3,6-7H,4-5,15H2,1H3,(H,16,17,18). The first-order valence-corrected chi connectivity index (χ1v) is 7.73. The first kappa shape index (κ1) is 14.9. The molecule has 1 amide bonds. The van der Waals surface area contributed by atoms with Gasteiger partial charge in [0.2, 0.25) is 5.91 Å². The van der Waals surface area contributed by atoms with E-state index in [9.17, 15) is 4.79 Å². The molecule has 0 atom stereocenters. The Labute approximate surface area is 129 Å². The van der Waals surface area contributed by atoms with Crippen molar-refractivity contribution < 1.29 is 9.32 Å². The molecule has 0 fully saturated rings. The van der Waals surface area contributed by atoms with Crippen LogP contribution in [0.2, 0.25) is 0 Å². The van der Waals surface area contributed by atoms with Crippen LogP contribution in [0.5, 0.6) is 0 Å². The highest BCUT2D eigenvalue weighted by Gasteiger charge is 2.07. The Morgan fingerprint density at radius 2 is 2.30 bits per heavy atom. The molecular formula is C13H14BrN3O2S. The molecule has 2 aromatic rings. The molecule has 0 spiro atoms. The number of halogens is 1. The molecule has 0 bridgehead atoms. The fourth-order valence-electron chi connectivity index (χ4n) is 1.52. The Kier molecular flexibility index (Phi) is 5.08. The van der Waals surface area contributed by atoms with Crippen molar-refractivity contribution in [2.24, 2.45) is 0 Å². The van der Waals surface area contributed by atoms with Gasteiger partial charge in [-0.15, -0.1) is 11.8 Å². The highest BCUT2D eigenvalue weighted by Crippen LogP contribution is 2.28. The number of amides is 1. The summed E-state index contributed by atoms with van der Waals surface area (Å²) < 4.78 is 5.85. The monoisotopic (exact) mass is 355 g/mol.